The maximum absolute atomic E-state index is 11.9. The maximum Gasteiger partial charge on any atom is 0.313 e. The minimum Gasteiger partial charge on any atom is -0.508 e. The van der Waals surface area contributed by atoms with Gasteiger partial charge in [0.15, 0.2) is 5.78 Å². The topological polar surface area (TPSA) is 130 Å². The molecule has 0 aliphatic heterocycles. The SMILES string of the molecule is CCCc1c(OCC(O)CSc2ccc(CC(=O)CC(=O)OC)c(O)c2)ccc(C(C)=O)c1O. The van der Waals surface area contributed by atoms with Crippen molar-refractivity contribution in [1.29, 1.82) is 0 Å². The number of benzene rings is 2. The molecular formula is C25H30O8S. The summed E-state index contributed by atoms with van der Waals surface area (Å²) in [7, 11) is 1.21. The van der Waals surface area contributed by atoms with Crippen molar-refractivity contribution in [3.8, 4) is 17.2 Å². The van der Waals surface area contributed by atoms with Gasteiger partial charge in [0, 0.05) is 28.2 Å². The number of ether oxygens (including phenoxy) is 2. The molecule has 0 heterocycles. The first-order valence-electron chi connectivity index (χ1n) is 10.9. The minimum absolute atomic E-state index is 0.0192. The number of carbonyl (C=O) groups is 3. The molecule has 1 unspecified atom stereocenters. The Hall–Kier alpha value is -3.04. The Morgan fingerprint density at radius 3 is 2.47 bits per heavy atom. The third-order valence-corrected chi connectivity index (χ3v) is 6.14. The molecule has 2 rings (SSSR count). The second kappa shape index (κ2) is 13.0. The van der Waals surface area contributed by atoms with Crippen LogP contribution in [0, 0.1) is 0 Å². The molecule has 34 heavy (non-hydrogen) atoms. The summed E-state index contributed by atoms with van der Waals surface area (Å²) in [6, 6.07) is 7.95. The summed E-state index contributed by atoms with van der Waals surface area (Å²) in [6.45, 7) is 3.32. The number of ketones is 2. The monoisotopic (exact) mass is 490 g/mol. The lowest BCUT2D eigenvalue weighted by Gasteiger charge is -2.17. The fourth-order valence-electron chi connectivity index (χ4n) is 3.25. The van der Waals surface area contributed by atoms with Crippen molar-refractivity contribution in [3.05, 3.63) is 47.0 Å². The molecule has 0 saturated carbocycles. The third kappa shape index (κ3) is 7.78. The Morgan fingerprint density at radius 1 is 1.12 bits per heavy atom. The number of carbonyl (C=O) groups excluding carboxylic acids is 3. The van der Waals surface area contributed by atoms with E-state index in [1.165, 1.54) is 37.9 Å². The van der Waals surface area contributed by atoms with E-state index in [9.17, 15) is 29.7 Å². The summed E-state index contributed by atoms with van der Waals surface area (Å²) in [4.78, 5) is 35.4. The van der Waals surface area contributed by atoms with Gasteiger partial charge in [-0.1, -0.05) is 19.4 Å². The molecule has 1 atom stereocenters. The Morgan fingerprint density at radius 2 is 1.85 bits per heavy atom. The largest absolute Gasteiger partial charge is 0.508 e. The molecule has 0 aromatic heterocycles. The summed E-state index contributed by atoms with van der Waals surface area (Å²) in [5, 5.41) is 31.0. The van der Waals surface area contributed by atoms with Crippen molar-refractivity contribution in [2.45, 2.75) is 50.5 Å². The van der Waals surface area contributed by atoms with E-state index in [1.807, 2.05) is 6.92 Å². The van der Waals surface area contributed by atoms with Crippen LogP contribution in [0.1, 0.15) is 48.2 Å². The molecule has 0 amide bonds. The number of phenolic OH excluding ortho intramolecular Hbond substituents is 2. The highest BCUT2D eigenvalue weighted by Gasteiger charge is 2.17. The predicted molar refractivity (Wildman–Crippen MR) is 128 cm³/mol. The standard InChI is InChI=1S/C25H30O8S/c1-4-5-21-23(9-8-20(15(2)26)25(21)31)33-13-18(28)14-34-19-7-6-16(22(29)12-19)10-17(27)11-24(30)32-3/h6-9,12,18,28-29,31H,4-5,10-11,13-14H2,1-3H3. The summed E-state index contributed by atoms with van der Waals surface area (Å²) in [5.74, 6) is -0.678. The number of aliphatic hydroxyl groups excluding tert-OH is 1. The average molecular weight is 491 g/mol. The smallest absolute Gasteiger partial charge is 0.313 e. The quantitative estimate of drug-likeness (QED) is 0.167. The van der Waals surface area contributed by atoms with Crippen LogP contribution in [0.4, 0.5) is 0 Å². The van der Waals surface area contributed by atoms with Crippen LogP contribution in [0.15, 0.2) is 35.2 Å². The molecule has 0 fully saturated rings. The third-order valence-electron chi connectivity index (χ3n) is 5.01. The molecule has 0 spiro atoms. The Balaban J connectivity index is 1.93. The van der Waals surface area contributed by atoms with Gasteiger partial charge >= 0.3 is 5.97 Å². The van der Waals surface area contributed by atoms with E-state index >= 15 is 0 Å². The van der Waals surface area contributed by atoms with E-state index in [0.717, 1.165) is 6.42 Å². The highest BCUT2D eigenvalue weighted by Crippen LogP contribution is 2.33. The van der Waals surface area contributed by atoms with E-state index < -0.39 is 12.1 Å². The Labute approximate surface area is 202 Å². The van der Waals surface area contributed by atoms with Crippen LogP contribution in [0.3, 0.4) is 0 Å². The molecule has 3 N–H and O–H groups in total. The van der Waals surface area contributed by atoms with Crippen LogP contribution in [0.5, 0.6) is 17.2 Å². The molecular weight excluding hydrogens is 460 g/mol. The van der Waals surface area contributed by atoms with Crippen molar-refractivity contribution in [2.24, 2.45) is 0 Å². The van der Waals surface area contributed by atoms with E-state index in [2.05, 4.69) is 4.74 Å². The molecule has 2 aromatic carbocycles. The number of methoxy groups -OCH3 is 1. The maximum atomic E-state index is 11.9. The van der Waals surface area contributed by atoms with Crippen LogP contribution in [0.25, 0.3) is 0 Å². The lowest BCUT2D eigenvalue weighted by molar-refractivity contribution is -0.143. The second-order valence-corrected chi connectivity index (χ2v) is 8.87. The molecule has 0 radical (unpaired) electrons. The average Bonchev–Trinajstić information content (AvgIpc) is 2.79. The van der Waals surface area contributed by atoms with E-state index in [4.69, 9.17) is 4.74 Å². The van der Waals surface area contributed by atoms with Crippen LogP contribution < -0.4 is 4.74 Å². The molecule has 2 aromatic rings. The predicted octanol–water partition coefficient (Wildman–Crippen LogP) is 3.46. The number of thioether (sulfide) groups is 1. The van der Waals surface area contributed by atoms with Gasteiger partial charge in [-0.05, 0) is 37.6 Å². The van der Waals surface area contributed by atoms with Crippen LogP contribution in [0.2, 0.25) is 0 Å². The normalized spacial score (nSPS) is 11.6. The molecule has 0 bridgehead atoms. The van der Waals surface area contributed by atoms with E-state index in [0.29, 0.717) is 28.2 Å². The van der Waals surface area contributed by atoms with Gasteiger partial charge < -0.3 is 24.8 Å². The van der Waals surface area contributed by atoms with Crippen molar-refractivity contribution in [2.75, 3.05) is 19.5 Å². The Kier molecular flexibility index (Phi) is 10.4. The van der Waals surface area contributed by atoms with Crippen molar-refractivity contribution < 1.29 is 39.2 Å². The molecule has 8 nitrogen and oxygen atoms in total. The second-order valence-electron chi connectivity index (χ2n) is 7.78. The van der Waals surface area contributed by atoms with Gasteiger partial charge in [-0.15, -0.1) is 11.8 Å². The number of aliphatic hydroxyl groups is 1. The fraction of sp³-hybridized carbons (Fsp3) is 0.400. The summed E-state index contributed by atoms with van der Waals surface area (Å²) < 4.78 is 10.2. The van der Waals surface area contributed by atoms with Gasteiger partial charge in [0.25, 0.3) is 0 Å². The first kappa shape index (κ1) is 27.2. The van der Waals surface area contributed by atoms with Crippen LogP contribution in [-0.4, -0.2) is 58.4 Å². The molecule has 0 aliphatic carbocycles. The number of rotatable bonds is 13. The van der Waals surface area contributed by atoms with E-state index in [1.54, 1.807) is 18.2 Å². The summed E-state index contributed by atoms with van der Waals surface area (Å²) in [6.07, 6.45) is 0.00161. The van der Waals surface area contributed by atoms with Gasteiger partial charge in [0.1, 0.15) is 36.1 Å². The van der Waals surface area contributed by atoms with Gasteiger partial charge in [0.05, 0.1) is 18.8 Å². The van der Waals surface area contributed by atoms with E-state index in [-0.39, 0.29) is 53.8 Å². The van der Waals surface area contributed by atoms with Crippen molar-refractivity contribution >= 4 is 29.3 Å². The number of phenols is 2. The highest BCUT2D eigenvalue weighted by atomic mass is 32.2. The zero-order chi connectivity index (χ0) is 25.3. The van der Waals surface area contributed by atoms with Crippen LogP contribution >= 0.6 is 11.8 Å². The van der Waals surface area contributed by atoms with Crippen LogP contribution in [-0.2, 0) is 27.2 Å². The summed E-state index contributed by atoms with van der Waals surface area (Å²) >= 11 is 1.30. The summed E-state index contributed by atoms with van der Waals surface area (Å²) in [5.41, 5.74) is 1.18. The van der Waals surface area contributed by atoms with Gasteiger partial charge in [-0.3, -0.25) is 14.4 Å². The molecule has 0 aliphatic rings. The van der Waals surface area contributed by atoms with Gasteiger partial charge in [-0.2, -0.15) is 0 Å². The Bertz CT molecular complexity index is 1030. The van der Waals surface area contributed by atoms with Crippen molar-refractivity contribution in [1.82, 2.24) is 0 Å². The van der Waals surface area contributed by atoms with Gasteiger partial charge in [-0.25, -0.2) is 0 Å². The number of aromatic hydroxyl groups is 2. The zero-order valence-corrected chi connectivity index (χ0v) is 20.3. The molecule has 9 heteroatoms. The fourth-order valence-corrected chi connectivity index (χ4v) is 4.09. The number of hydrogen-bond donors (Lipinski definition) is 3. The highest BCUT2D eigenvalue weighted by molar-refractivity contribution is 7.99. The number of Topliss-reactive ketones (excluding diaryl/α,β-unsaturated/α-hetero) is 2. The first-order valence-corrected chi connectivity index (χ1v) is 11.8. The lowest BCUT2D eigenvalue weighted by atomic mass is 10.0. The molecule has 184 valence electrons. The van der Waals surface area contributed by atoms with Crippen molar-refractivity contribution in [3.63, 3.8) is 0 Å². The number of esters is 1. The molecule has 0 saturated heterocycles. The van der Waals surface area contributed by atoms with Gasteiger partial charge in [0.2, 0.25) is 0 Å². The minimum atomic E-state index is -0.836. The zero-order valence-electron chi connectivity index (χ0n) is 19.5. The lowest BCUT2D eigenvalue weighted by Crippen LogP contribution is -2.20. The number of hydrogen-bond acceptors (Lipinski definition) is 9. The first-order chi connectivity index (χ1) is 16.2.